The van der Waals surface area contributed by atoms with Crippen molar-refractivity contribution in [3.63, 3.8) is 0 Å². The van der Waals surface area contributed by atoms with E-state index in [0.717, 1.165) is 0 Å². The molecule has 1 aliphatic rings. The van der Waals surface area contributed by atoms with E-state index in [-0.39, 0.29) is 18.0 Å². The monoisotopic (exact) mass is 258 g/mol. The minimum absolute atomic E-state index is 0.0281. The molecule has 1 aromatic carbocycles. The molecule has 0 saturated heterocycles. The molecule has 2 rings (SSSR count). The van der Waals surface area contributed by atoms with Crippen molar-refractivity contribution in [3.8, 4) is 0 Å². The second-order valence-corrected chi connectivity index (χ2v) is 4.81. The van der Waals surface area contributed by atoms with Crippen LogP contribution < -0.4 is 0 Å². The summed E-state index contributed by atoms with van der Waals surface area (Å²) in [4.78, 5) is 12.2. The van der Waals surface area contributed by atoms with E-state index in [0.29, 0.717) is 17.7 Å². The number of allylic oxidation sites excluding steroid dienone is 2. The van der Waals surface area contributed by atoms with Crippen molar-refractivity contribution in [1.29, 1.82) is 0 Å². The molecular weight excluding hydrogens is 240 g/mol. The molecule has 0 heterocycles. The Hall–Kier alpha value is -1.87. The van der Waals surface area contributed by atoms with Crippen molar-refractivity contribution in [2.24, 2.45) is 0 Å². The highest BCUT2D eigenvalue weighted by molar-refractivity contribution is 6.05. The Morgan fingerprint density at radius 2 is 2.05 bits per heavy atom. The van der Waals surface area contributed by atoms with Crippen LogP contribution in [0.2, 0.25) is 0 Å². The van der Waals surface area contributed by atoms with Crippen LogP contribution >= 0.6 is 0 Å². The molecule has 0 spiro atoms. The second kappa shape index (κ2) is 5.41. The number of hydrogen-bond acceptors (Lipinski definition) is 3. The molecule has 100 valence electrons. The van der Waals surface area contributed by atoms with Crippen LogP contribution in [-0.2, 0) is 9.53 Å². The minimum Gasteiger partial charge on any atom is -0.507 e. The van der Waals surface area contributed by atoms with Gasteiger partial charge in [0.25, 0.3) is 0 Å². The number of ether oxygens (including phenoxy) is 1. The zero-order valence-corrected chi connectivity index (χ0v) is 11.2. The topological polar surface area (TPSA) is 46.5 Å². The number of benzene rings is 1. The third-order valence-corrected chi connectivity index (χ3v) is 3.19. The van der Waals surface area contributed by atoms with E-state index in [4.69, 9.17) is 4.74 Å². The lowest BCUT2D eigenvalue weighted by molar-refractivity contribution is -0.120. The van der Waals surface area contributed by atoms with Gasteiger partial charge in [-0.15, -0.1) is 0 Å². The van der Waals surface area contributed by atoms with Crippen LogP contribution in [0.3, 0.4) is 0 Å². The SMILES string of the molecule is CCOC1(C)C=CC(=C(O)c2ccccc2)C(=O)C1. The summed E-state index contributed by atoms with van der Waals surface area (Å²) in [6.07, 6.45) is 3.75. The van der Waals surface area contributed by atoms with Gasteiger partial charge in [-0.3, -0.25) is 4.79 Å². The van der Waals surface area contributed by atoms with Gasteiger partial charge in [0.15, 0.2) is 5.78 Å². The number of Topliss-reactive ketones (excluding diaryl/α,β-unsaturated/α-hetero) is 1. The van der Waals surface area contributed by atoms with Crippen LogP contribution in [0.1, 0.15) is 25.8 Å². The molecular formula is C16H18O3. The van der Waals surface area contributed by atoms with Crippen molar-refractivity contribution >= 4 is 11.5 Å². The predicted molar refractivity (Wildman–Crippen MR) is 74.8 cm³/mol. The van der Waals surface area contributed by atoms with Crippen molar-refractivity contribution in [2.75, 3.05) is 6.61 Å². The van der Waals surface area contributed by atoms with E-state index in [9.17, 15) is 9.90 Å². The Labute approximate surface area is 113 Å². The number of aliphatic hydroxyl groups excluding tert-OH is 1. The second-order valence-electron chi connectivity index (χ2n) is 4.81. The van der Waals surface area contributed by atoms with Crippen molar-refractivity contribution < 1.29 is 14.6 Å². The Morgan fingerprint density at radius 3 is 2.63 bits per heavy atom. The summed E-state index contributed by atoms with van der Waals surface area (Å²) in [5.41, 5.74) is 0.436. The predicted octanol–water partition coefficient (Wildman–Crippen LogP) is 3.28. The molecule has 3 heteroatoms. The van der Waals surface area contributed by atoms with Gasteiger partial charge in [-0.25, -0.2) is 0 Å². The third-order valence-electron chi connectivity index (χ3n) is 3.19. The molecule has 19 heavy (non-hydrogen) atoms. The number of rotatable bonds is 3. The van der Waals surface area contributed by atoms with E-state index >= 15 is 0 Å². The molecule has 1 atom stereocenters. The maximum absolute atomic E-state index is 12.2. The summed E-state index contributed by atoms with van der Waals surface area (Å²) < 4.78 is 5.56. The Bertz CT molecular complexity index is 528. The first-order chi connectivity index (χ1) is 9.06. The summed E-state index contributed by atoms with van der Waals surface area (Å²) in [5.74, 6) is -0.0693. The third kappa shape index (κ3) is 2.93. The lowest BCUT2D eigenvalue weighted by Gasteiger charge is -2.28. The van der Waals surface area contributed by atoms with Gasteiger partial charge in [-0.05, 0) is 19.9 Å². The smallest absolute Gasteiger partial charge is 0.169 e. The van der Waals surface area contributed by atoms with Gasteiger partial charge < -0.3 is 9.84 Å². The van der Waals surface area contributed by atoms with E-state index in [2.05, 4.69) is 0 Å². The molecule has 1 unspecified atom stereocenters. The molecule has 0 fully saturated rings. The van der Waals surface area contributed by atoms with Gasteiger partial charge in [-0.1, -0.05) is 36.4 Å². The molecule has 1 aromatic rings. The van der Waals surface area contributed by atoms with E-state index in [1.54, 1.807) is 18.2 Å². The van der Waals surface area contributed by atoms with Crippen LogP contribution in [0, 0.1) is 0 Å². The van der Waals surface area contributed by atoms with Crippen LogP contribution in [0.4, 0.5) is 0 Å². The largest absolute Gasteiger partial charge is 0.507 e. The van der Waals surface area contributed by atoms with Gasteiger partial charge >= 0.3 is 0 Å². The highest BCUT2D eigenvalue weighted by Gasteiger charge is 2.31. The highest BCUT2D eigenvalue weighted by Crippen LogP contribution is 2.29. The van der Waals surface area contributed by atoms with E-state index in [1.165, 1.54) is 0 Å². The fraction of sp³-hybridized carbons (Fsp3) is 0.312. The molecule has 0 saturated carbocycles. The molecule has 1 N–H and O–H groups in total. The first-order valence-electron chi connectivity index (χ1n) is 6.41. The van der Waals surface area contributed by atoms with Gasteiger partial charge in [0.05, 0.1) is 11.2 Å². The zero-order chi connectivity index (χ0) is 13.9. The minimum atomic E-state index is -0.563. The lowest BCUT2D eigenvalue weighted by atomic mass is 9.87. The summed E-state index contributed by atoms with van der Waals surface area (Å²) in [5, 5.41) is 10.2. The van der Waals surface area contributed by atoms with Crippen molar-refractivity contribution in [1.82, 2.24) is 0 Å². The highest BCUT2D eigenvalue weighted by atomic mass is 16.5. The Balaban J connectivity index is 2.35. The van der Waals surface area contributed by atoms with Crippen molar-refractivity contribution in [3.05, 3.63) is 53.6 Å². The van der Waals surface area contributed by atoms with Crippen LogP contribution in [0.25, 0.3) is 5.76 Å². The fourth-order valence-corrected chi connectivity index (χ4v) is 2.22. The summed E-state index contributed by atoms with van der Waals surface area (Å²) in [6, 6.07) is 9.08. The summed E-state index contributed by atoms with van der Waals surface area (Å²) >= 11 is 0. The first kappa shape index (κ1) is 13.6. The van der Waals surface area contributed by atoms with Gasteiger partial charge in [0.1, 0.15) is 5.76 Å². The van der Waals surface area contributed by atoms with Gasteiger partial charge in [0.2, 0.25) is 0 Å². The number of hydrogen-bond donors (Lipinski definition) is 1. The summed E-state index contributed by atoms with van der Waals surface area (Å²) in [7, 11) is 0. The Kier molecular flexibility index (Phi) is 3.86. The quantitative estimate of drug-likeness (QED) is 0.668. The number of carbonyl (C=O) groups excluding carboxylic acids is 1. The van der Waals surface area contributed by atoms with E-state index < -0.39 is 5.60 Å². The van der Waals surface area contributed by atoms with Crippen LogP contribution in [-0.4, -0.2) is 23.1 Å². The average molecular weight is 258 g/mol. The fourth-order valence-electron chi connectivity index (χ4n) is 2.22. The maximum atomic E-state index is 12.2. The molecule has 0 radical (unpaired) electrons. The molecule has 0 aliphatic heterocycles. The average Bonchev–Trinajstić information content (AvgIpc) is 2.39. The van der Waals surface area contributed by atoms with Gasteiger partial charge in [0, 0.05) is 18.6 Å². The number of ketones is 1. The normalized spacial score (nSPS) is 25.5. The molecule has 3 nitrogen and oxygen atoms in total. The van der Waals surface area contributed by atoms with Crippen LogP contribution in [0.15, 0.2) is 48.1 Å². The molecule has 0 amide bonds. The molecule has 0 bridgehead atoms. The maximum Gasteiger partial charge on any atom is 0.169 e. The van der Waals surface area contributed by atoms with Gasteiger partial charge in [-0.2, -0.15) is 0 Å². The Morgan fingerprint density at radius 1 is 1.37 bits per heavy atom. The number of aliphatic hydroxyl groups is 1. The summed E-state index contributed by atoms with van der Waals surface area (Å²) in [6.45, 7) is 4.33. The lowest BCUT2D eigenvalue weighted by Crippen LogP contribution is -2.33. The van der Waals surface area contributed by atoms with Crippen molar-refractivity contribution in [2.45, 2.75) is 25.9 Å². The molecule has 1 aliphatic carbocycles. The first-order valence-corrected chi connectivity index (χ1v) is 6.41. The van der Waals surface area contributed by atoms with E-state index in [1.807, 2.05) is 38.1 Å². The standard InChI is InChI=1S/C16H18O3/c1-3-19-16(2)10-9-13(14(17)11-16)15(18)12-7-5-4-6-8-12/h4-10,18H,3,11H2,1-2H3. The zero-order valence-electron chi connectivity index (χ0n) is 11.2. The number of carbonyl (C=O) groups is 1. The van der Waals surface area contributed by atoms with Crippen LogP contribution in [0.5, 0.6) is 0 Å². The molecule has 0 aromatic heterocycles.